The molecule has 1 fully saturated rings. The van der Waals surface area contributed by atoms with Gasteiger partial charge in [-0.3, -0.25) is 0 Å². The first-order chi connectivity index (χ1) is 11.3. The molecule has 128 valence electrons. The average Bonchev–Trinajstić information content (AvgIpc) is 3.23. The number of carbonyl (C=O) groups is 1. The summed E-state index contributed by atoms with van der Waals surface area (Å²) in [5.74, 6) is -1.67. The predicted octanol–water partition coefficient (Wildman–Crippen LogP) is 3.30. The zero-order valence-electron chi connectivity index (χ0n) is 12.6. The Kier molecular flexibility index (Phi) is 4.02. The number of ether oxygens (including phenoxy) is 1. The van der Waals surface area contributed by atoms with Crippen LogP contribution in [0.3, 0.4) is 0 Å². The number of methoxy groups -OCH3 is 1. The second kappa shape index (κ2) is 5.88. The number of rotatable bonds is 4. The number of carbonyl (C=O) groups excluding carboxylic acids is 1. The molecule has 2 aromatic rings. The van der Waals surface area contributed by atoms with E-state index in [1.54, 1.807) is 0 Å². The summed E-state index contributed by atoms with van der Waals surface area (Å²) in [5.41, 5.74) is -1.56. The molecule has 0 N–H and O–H groups in total. The second-order valence-corrected chi connectivity index (χ2v) is 5.59. The minimum Gasteiger partial charge on any atom is -0.465 e. The molecule has 9 heteroatoms. The van der Waals surface area contributed by atoms with Gasteiger partial charge in [-0.2, -0.15) is 13.2 Å². The van der Waals surface area contributed by atoms with Crippen molar-refractivity contribution in [2.45, 2.75) is 25.6 Å². The van der Waals surface area contributed by atoms with Crippen molar-refractivity contribution in [1.82, 2.24) is 14.5 Å². The van der Waals surface area contributed by atoms with E-state index in [-0.39, 0.29) is 23.0 Å². The number of hydrogen-bond donors (Lipinski definition) is 0. The van der Waals surface area contributed by atoms with Crippen molar-refractivity contribution in [3.8, 4) is 11.5 Å². The minimum absolute atomic E-state index is 0.130. The van der Waals surface area contributed by atoms with Gasteiger partial charge in [-0.25, -0.2) is 19.2 Å². The van der Waals surface area contributed by atoms with Crippen LogP contribution in [0.4, 0.5) is 17.6 Å². The first kappa shape index (κ1) is 16.4. The third-order valence-electron chi connectivity index (χ3n) is 3.69. The highest BCUT2D eigenvalue weighted by Gasteiger charge is 2.36. The van der Waals surface area contributed by atoms with Crippen LogP contribution in [-0.2, 0) is 17.5 Å². The molecule has 0 bridgehead atoms. The third kappa shape index (κ3) is 3.24. The van der Waals surface area contributed by atoms with E-state index in [1.807, 2.05) is 0 Å². The number of alkyl halides is 3. The SMILES string of the molecule is COC(=O)c1cnc(-c2nc(C(F)(F)F)cn2CC2CC2)c(F)c1. The van der Waals surface area contributed by atoms with Crippen molar-refractivity contribution in [3.63, 3.8) is 0 Å². The van der Waals surface area contributed by atoms with Gasteiger partial charge in [-0.1, -0.05) is 0 Å². The summed E-state index contributed by atoms with van der Waals surface area (Å²) in [5, 5.41) is 0. The molecule has 0 atom stereocenters. The van der Waals surface area contributed by atoms with E-state index in [1.165, 1.54) is 4.57 Å². The van der Waals surface area contributed by atoms with Crippen LogP contribution < -0.4 is 0 Å². The lowest BCUT2D eigenvalue weighted by Gasteiger charge is -2.07. The lowest BCUT2D eigenvalue weighted by Crippen LogP contribution is -2.07. The fourth-order valence-electron chi connectivity index (χ4n) is 2.29. The fraction of sp³-hybridized carbons (Fsp3) is 0.400. The quantitative estimate of drug-likeness (QED) is 0.631. The highest BCUT2D eigenvalue weighted by Crippen LogP contribution is 2.35. The molecule has 2 aromatic heterocycles. The highest BCUT2D eigenvalue weighted by atomic mass is 19.4. The summed E-state index contributed by atoms with van der Waals surface area (Å²) in [6, 6.07) is 0.873. The Hall–Kier alpha value is -2.45. The summed E-state index contributed by atoms with van der Waals surface area (Å²) in [6.45, 7) is 0.318. The molecule has 2 heterocycles. The van der Waals surface area contributed by atoms with Crippen molar-refractivity contribution in [1.29, 1.82) is 0 Å². The molecule has 1 aliphatic carbocycles. The van der Waals surface area contributed by atoms with E-state index in [9.17, 15) is 22.4 Å². The van der Waals surface area contributed by atoms with Gasteiger partial charge in [0.05, 0.1) is 12.7 Å². The first-order valence-corrected chi connectivity index (χ1v) is 7.18. The van der Waals surface area contributed by atoms with Gasteiger partial charge in [0, 0.05) is 18.9 Å². The fourth-order valence-corrected chi connectivity index (χ4v) is 2.29. The van der Waals surface area contributed by atoms with Gasteiger partial charge in [-0.05, 0) is 24.8 Å². The zero-order valence-corrected chi connectivity index (χ0v) is 12.6. The lowest BCUT2D eigenvalue weighted by molar-refractivity contribution is -0.140. The van der Waals surface area contributed by atoms with Gasteiger partial charge in [-0.15, -0.1) is 0 Å². The van der Waals surface area contributed by atoms with E-state index in [4.69, 9.17) is 0 Å². The molecule has 0 saturated heterocycles. The van der Waals surface area contributed by atoms with Crippen LogP contribution in [0.15, 0.2) is 18.5 Å². The van der Waals surface area contributed by atoms with E-state index < -0.39 is 23.7 Å². The minimum atomic E-state index is -4.63. The molecule has 3 rings (SSSR count). The lowest BCUT2D eigenvalue weighted by atomic mass is 10.2. The van der Waals surface area contributed by atoms with Crippen LogP contribution >= 0.6 is 0 Å². The molecule has 1 aliphatic rings. The van der Waals surface area contributed by atoms with Gasteiger partial charge < -0.3 is 9.30 Å². The number of pyridine rings is 1. The topological polar surface area (TPSA) is 57.0 Å². The maximum Gasteiger partial charge on any atom is 0.434 e. The molecule has 24 heavy (non-hydrogen) atoms. The number of nitrogens with zero attached hydrogens (tertiary/aromatic N) is 3. The second-order valence-electron chi connectivity index (χ2n) is 5.59. The Morgan fingerprint density at radius 3 is 2.67 bits per heavy atom. The number of imidazole rings is 1. The van der Waals surface area contributed by atoms with Crippen LogP contribution in [0.2, 0.25) is 0 Å². The molecule has 1 saturated carbocycles. The van der Waals surface area contributed by atoms with Gasteiger partial charge in [0.15, 0.2) is 17.3 Å². The van der Waals surface area contributed by atoms with E-state index in [0.29, 0.717) is 6.54 Å². The van der Waals surface area contributed by atoms with Gasteiger partial charge in [0.2, 0.25) is 0 Å². The molecule has 0 radical (unpaired) electrons. The standard InChI is InChI=1S/C15H13F4N3O2/c1-24-14(23)9-4-10(16)12(20-5-9)13-21-11(15(17,18)19)7-22(13)6-8-2-3-8/h4-5,7-8H,2-3,6H2,1H3. The molecular weight excluding hydrogens is 330 g/mol. The van der Waals surface area contributed by atoms with E-state index in [0.717, 1.165) is 38.4 Å². The average molecular weight is 343 g/mol. The molecule has 5 nitrogen and oxygen atoms in total. The number of esters is 1. The summed E-state index contributed by atoms with van der Waals surface area (Å²) in [7, 11) is 1.13. The monoisotopic (exact) mass is 343 g/mol. The Balaban J connectivity index is 2.04. The van der Waals surface area contributed by atoms with Gasteiger partial charge in [0.25, 0.3) is 0 Å². The van der Waals surface area contributed by atoms with Crippen molar-refractivity contribution in [2.75, 3.05) is 7.11 Å². The first-order valence-electron chi connectivity index (χ1n) is 7.18. The van der Waals surface area contributed by atoms with E-state index in [2.05, 4.69) is 14.7 Å². The van der Waals surface area contributed by atoms with Crippen molar-refractivity contribution in [2.24, 2.45) is 5.92 Å². The largest absolute Gasteiger partial charge is 0.465 e. The van der Waals surface area contributed by atoms with Gasteiger partial charge >= 0.3 is 12.1 Å². The van der Waals surface area contributed by atoms with Crippen molar-refractivity contribution < 1.29 is 27.1 Å². The summed E-state index contributed by atoms with van der Waals surface area (Å²) in [6.07, 6.45) is -0.894. The smallest absolute Gasteiger partial charge is 0.434 e. The molecule has 0 aromatic carbocycles. The number of aromatic nitrogens is 3. The maximum absolute atomic E-state index is 14.3. The van der Waals surface area contributed by atoms with Crippen molar-refractivity contribution in [3.05, 3.63) is 35.5 Å². The van der Waals surface area contributed by atoms with Crippen LogP contribution in [0.1, 0.15) is 28.9 Å². The molecule has 0 aliphatic heterocycles. The zero-order chi connectivity index (χ0) is 17.5. The maximum atomic E-state index is 14.3. The molecular formula is C15H13F4N3O2. The Labute approximate surface area is 134 Å². The number of halogens is 4. The van der Waals surface area contributed by atoms with Crippen LogP contribution in [0.25, 0.3) is 11.5 Å². The van der Waals surface area contributed by atoms with E-state index >= 15 is 0 Å². The third-order valence-corrected chi connectivity index (χ3v) is 3.69. The van der Waals surface area contributed by atoms with Crippen LogP contribution in [0, 0.1) is 11.7 Å². The summed E-state index contributed by atoms with van der Waals surface area (Å²) in [4.78, 5) is 18.7. The Morgan fingerprint density at radius 2 is 2.12 bits per heavy atom. The Bertz CT molecular complexity index is 782. The summed E-state index contributed by atoms with van der Waals surface area (Å²) < 4.78 is 58.7. The molecule has 0 amide bonds. The predicted molar refractivity (Wildman–Crippen MR) is 74.5 cm³/mol. The summed E-state index contributed by atoms with van der Waals surface area (Å²) >= 11 is 0. The normalized spacial score (nSPS) is 14.7. The Morgan fingerprint density at radius 1 is 1.42 bits per heavy atom. The van der Waals surface area contributed by atoms with Gasteiger partial charge in [0.1, 0.15) is 5.69 Å². The highest BCUT2D eigenvalue weighted by molar-refractivity contribution is 5.89. The van der Waals surface area contributed by atoms with Crippen molar-refractivity contribution >= 4 is 5.97 Å². The van der Waals surface area contributed by atoms with Crippen LogP contribution in [0.5, 0.6) is 0 Å². The molecule has 0 unspecified atom stereocenters. The molecule has 0 spiro atoms. The number of hydrogen-bond acceptors (Lipinski definition) is 4. The van der Waals surface area contributed by atoms with Crippen LogP contribution in [-0.4, -0.2) is 27.6 Å².